The normalized spacial score (nSPS) is 11.2. The summed E-state index contributed by atoms with van der Waals surface area (Å²) in [5, 5.41) is 14.2. The highest BCUT2D eigenvalue weighted by Gasteiger charge is 2.31. The number of amides is 1. The van der Waals surface area contributed by atoms with Crippen LogP contribution in [0.2, 0.25) is 0 Å². The van der Waals surface area contributed by atoms with Gasteiger partial charge in [0.15, 0.2) is 0 Å². The molecular weight excluding hydrogens is 351 g/mol. The summed E-state index contributed by atoms with van der Waals surface area (Å²) in [5.41, 5.74) is 0.899. The fraction of sp³-hybridized carbons (Fsp3) is 0.125. The van der Waals surface area contributed by atoms with Crippen LogP contribution in [0.5, 0.6) is 5.75 Å². The first-order valence-electron chi connectivity index (χ1n) is 7.38. The largest absolute Gasteiger partial charge is 0.573 e. The minimum atomic E-state index is -4.80. The van der Waals surface area contributed by atoms with Crippen molar-refractivity contribution >= 4 is 11.6 Å². The molecule has 1 heterocycles. The predicted molar refractivity (Wildman–Crippen MR) is 85.0 cm³/mol. The SMILES string of the molecule is O=C(Cn1nnc(-c2ccccc2)n1)Nc1cccc(OC(F)(F)F)c1. The standard InChI is InChI=1S/C16H12F3N5O2/c17-16(18,19)26-13-8-4-7-12(9-13)20-14(25)10-24-22-15(21-23-24)11-5-2-1-3-6-11/h1-9H,10H2,(H,20,25). The van der Waals surface area contributed by atoms with E-state index in [9.17, 15) is 18.0 Å². The van der Waals surface area contributed by atoms with Gasteiger partial charge in [-0.1, -0.05) is 36.4 Å². The third-order valence-electron chi connectivity index (χ3n) is 3.12. The molecule has 0 unspecified atom stereocenters. The van der Waals surface area contributed by atoms with E-state index in [0.717, 1.165) is 22.5 Å². The lowest BCUT2D eigenvalue weighted by Gasteiger charge is -2.10. The summed E-state index contributed by atoms with van der Waals surface area (Å²) in [7, 11) is 0. The maximum atomic E-state index is 12.2. The van der Waals surface area contributed by atoms with Crippen LogP contribution in [-0.2, 0) is 11.3 Å². The number of benzene rings is 2. The van der Waals surface area contributed by atoms with Gasteiger partial charge in [-0.2, -0.15) is 4.80 Å². The molecule has 0 radical (unpaired) electrons. The topological polar surface area (TPSA) is 81.9 Å². The predicted octanol–water partition coefficient (Wildman–Crippen LogP) is 2.88. The zero-order valence-electron chi connectivity index (χ0n) is 13.1. The molecule has 0 spiro atoms. The van der Waals surface area contributed by atoms with Crippen LogP contribution < -0.4 is 10.1 Å². The molecule has 26 heavy (non-hydrogen) atoms. The molecule has 0 fully saturated rings. The summed E-state index contributed by atoms with van der Waals surface area (Å²) in [4.78, 5) is 13.1. The molecule has 1 aromatic heterocycles. The number of halogens is 3. The average molecular weight is 363 g/mol. The van der Waals surface area contributed by atoms with Crippen LogP contribution in [-0.4, -0.2) is 32.5 Å². The maximum Gasteiger partial charge on any atom is 0.573 e. The molecule has 0 saturated carbocycles. The van der Waals surface area contributed by atoms with Gasteiger partial charge in [-0.3, -0.25) is 4.79 Å². The number of rotatable bonds is 5. The van der Waals surface area contributed by atoms with Crippen molar-refractivity contribution in [3.05, 3.63) is 54.6 Å². The van der Waals surface area contributed by atoms with Crippen molar-refractivity contribution < 1.29 is 22.7 Å². The Morgan fingerprint density at radius 3 is 2.62 bits per heavy atom. The Morgan fingerprint density at radius 2 is 1.88 bits per heavy atom. The second kappa shape index (κ2) is 7.21. The number of carbonyl (C=O) groups excluding carboxylic acids is 1. The molecule has 0 aliphatic carbocycles. The first kappa shape index (κ1) is 17.4. The smallest absolute Gasteiger partial charge is 0.406 e. The first-order chi connectivity index (χ1) is 12.4. The van der Waals surface area contributed by atoms with E-state index in [1.165, 1.54) is 12.1 Å². The molecule has 134 valence electrons. The molecule has 0 aliphatic heterocycles. The Kier molecular flexibility index (Phi) is 4.83. The molecule has 7 nitrogen and oxygen atoms in total. The second-order valence-corrected chi connectivity index (χ2v) is 5.13. The maximum absolute atomic E-state index is 12.2. The number of ether oxygens (including phenoxy) is 1. The number of carbonyl (C=O) groups is 1. The number of hydrogen-bond donors (Lipinski definition) is 1. The molecular formula is C16H12F3N5O2. The van der Waals surface area contributed by atoms with Crippen LogP contribution in [0.4, 0.5) is 18.9 Å². The molecule has 10 heteroatoms. The van der Waals surface area contributed by atoms with E-state index in [0.29, 0.717) is 5.82 Å². The first-order valence-corrected chi connectivity index (χ1v) is 7.38. The molecule has 0 atom stereocenters. The zero-order valence-corrected chi connectivity index (χ0v) is 13.1. The van der Waals surface area contributed by atoms with Crippen molar-refractivity contribution in [2.45, 2.75) is 12.9 Å². The van der Waals surface area contributed by atoms with Crippen molar-refractivity contribution in [2.24, 2.45) is 0 Å². The van der Waals surface area contributed by atoms with E-state index in [2.05, 4.69) is 25.5 Å². The summed E-state index contributed by atoms with van der Waals surface area (Å²) in [5.74, 6) is -0.592. The van der Waals surface area contributed by atoms with E-state index in [1.807, 2.05) is 18.2 Å². The quantitative estimate of drug-likeness (QED) is 0.754. The van der Waals surface area contributed by atoms with Crippen molar-refractivity contribution in [3.63, 3.8) is 0 Å². The summed E-state index contributed by atoms with van der Waals surface area (Å²) in [6, 6.07) is 14.0. The van der Waals surface area contributed by atoms with E-state index >= 15 is 0 Å². The van der Waals surface area contributed by atoms with Crippen molar-refractivity contribution in [3.8, 4) is 17.1 Å². The third-order valence-corrected chi connectivity index (χ3v) is 3.12. The Bertz CT molecular complexity index is 896. The van der Waals surface area contributed by atoms with Crippen LogP contribution in [0.1, 0.15) is 0 Å². The van der Waals surface area contributed by atoms with Gasteiger partial charge in [0.1, 0.15) is 12.3 Å². The van der Waals surface area contributed by atoms with Crippen molar-refractivity contribution in [1.82, 2.24) is 20.2 Å². The van der Waals surface area contributed by atoms with Gasteiger partial charge in [-0.15, -0.1) is 23.4 Å². The number of tetrazole rings is 1. The van der Waals surface area contributed by atoms with Crippen molar-refractivity contribution in [2.75, 3.05) is 5.32 Å². The third kappa shape index (κ3) is 4.79. The van der Waals surface area contributed by atoms with Gasteiger partial charge in [0.2, 0.25) is 11.7 Å². The zero-order chi connectivity index (χ0) is 18.6. The number of anilines is 1. The minimum Gasteiger partial charge on any atom is -0.406 e. The Balaban J connectivity index is 1.63. The Morgan fingerprint density at radius 1 is 1.12 bits per heavy atom. The number of hydrogen-bond acceptors (Lipinski definition) is 5. The lowest BCUT2D eigenvalue weighted by molar-refractivity contribution is -0.274. The highest BCUT2D eigenvalue weighted by Crippen LogP contribution is 2.25. The Labute approximate surface area is 145 Å². The molecule has 1 amide bonds. The van der Waals surface area contributed by atoms with E-state index in [4.69, 9.17) is 0 Å². The second-order valence-electron chi connectivity index (χ2n) is 5.13. The van der Waals surface area contributed by atoms with Crippen LogP contribution in [0.25, 0.3) is 11.4 Å². The van der Waals surface area contributed by atoms with Crippen LogP contribution >= 0.6 is 0 Å². The fourth-order valence-electron chi connectivity index (χ4n) is 2.11. The van der Waals surface area contributed by atoms with Crippen LogP contribution in [0, 0.1) is 0 Å². The number of aromatic nitrogens is 4. The van der Waals surface area contributed by atoms with Gasteiger partial charge in [-0.25, -0.2) is 0 Å². The molecule has 1 N–H and O–H groups in total. The monoisotopic (exact) mass is 363 g/mol. The van der Waals surface area contributed by atoms with Crippen LogP contribution in [0.3, 0.4) is 0 Å². The van der Waals surface area contributed by atoms with Gasteiger partial charge in [-0.05, 0) is 17.3 Å². The van der Waals surface area contributed by atoms with Gasteiger partial charge in [0.25, 0.3) is 0 Å². The van der Waals surface area contributed by atoms with Gasteiger partial charge >= 0.3 is 6.36 Å². The molecule has 3 rings (SSSR count). The average Bonchev–Trinajstić information content (AvgIpc) is 3.02. The van der Waals surface area contributed by atoms with E-state index in [1.54, 1.807) is 12.1 Å². The van der Waals surface area contributed by atoms with E-state index < -0.39 is 18.0 Å². The minimum absolute atomic E-state index is 0.153. The lowest BCUT2D eigenvalue weighted by atomic mass is 10.2. The van der Waals surface area contributed by atoms with Crippen LogP contribution in [0.15, 0.2) is 54.6 Å². The molecule has 0 aliphatic rings. The molecule has 2 aromatic carbocycles. The van der Waals surface area contributed by atoms with Gasteiger partial charge < -0.3 is 10.1 Å². The lowest BCUT2D eigenvalue weighted by Crippen LogP contribution is -2.21. The molecule has 3 aromatic rings. The summed E-state index contributed by atoms with van der Waals surface area (Å²) >= 11 is 0. The van der Waals surface area contributed by atoms with E-state index in [-0.39, 0.29) is 12.2 Å². The van der Waals surface area contributed by atoms with Gasteiger partial charge in [0.05, 0.1) is 0 Å². The number of nitrogens with one attached hydrogen (secondary N) is 1. The highest BCUT2D eigenvalue weighted by atomic mass is 19.4. The molecule has 0 saturated heterocycles. The highest BCUT2D eigenvalue weighted by molar-refractivity contribution is 5.90. The summed E-state index contributed by atoms with van der Waals surface area (Å²) in [6.07, 6.45) is -4.80. The number of nitrogens with zero attached hydrogens (tertiary/aromatic N) is 4. The Hall–Kier alpha value is -3.43. The number of alkyl halides is 3. The van der Waals surface area contributed by atoms with Gasteiger partial charge in [0, 0.05) is 17.3 Å². The summed E-state index contributed by atoms with van der Waals surface area (Å²) < 4.78 is 40.5. The summed E-state index contributed by atoms with van der Waals surface area (Å²) in [6.45, 7) is -0.246. The van der Waals surface area contributed by atoms with Crippen molar-refractivity contribution in [1.29, 1.82) is 0 Å². The molecule has 0 bridgehead atoms. The fourth-order valence-corrected chi connectivity index (χ4v) is 2.11.